The molecule has 0 unspecified atom stereocenters. The van der Waals surface area contributed by atoms with Gasteiger partial charge in [0.2, 0.25) is 0 Å². The number of hydrogen-bond acceptors (Lipinski definition) is 1. The van der Waals surface area contributed by atoms with Crippen molar-refractivity contribution in [2.45, 2.75) is 18.2 Å². The van der Waals surface area contributed by atoms with E-state index in [0.717, 1.165) is 0 Å². The molecular formula is C4H2F8O. The van der Waals surface area contributed by atoms with Gasteiger partial charge in [-0.3, -0.25) is 4.74 Å². The SMILES string of the molecule is FCOC(F)(C(F)(F)F)C(F)(F)F. The molecule has 0 N–H and O–H groups in total. The van der Waals surface area contributed by atoms with Crippen LogP contribution in [0.5, 0.6) is 0 Å². The lowest BCUT2D eigenvalue weighted by atomic mass is 10.3. The normalized spacial score (nSPS) is 14.8. The van der Waals surface area contributed by atoms with Crippen molar-refractivity contribution in [2.24, 2.45) is 0 Å². The molecule has 1 nitrogen and oxygen atoms in total. The molecule has 0 bridgehead atoms. The number of hydrogen-bond donors (Lipinski definition) is 0. The van der Waals surface area contributed by atoms with Crippen LogP contribution in [0.4, 0.5) is 35.1 Å². The van der Waals surface area contributed by atoms with Crippen molar-refractivity contribution in [2.75, 3.05) is 6.86 Å². The van der Waals surface area contributed by atoms with Gasteiger partial charge >= 0.3 is 18.2 Å². The third-order valence-electron chi connectivity index (χ3n) is 0.983. The van der Waals surface area contributed by atoms with Gasteiger partial charge in [-0.1, -0.05) is 0 Å². The maximum absolute atomic E-state index is 12.1. The molecule has 0 spiro atoms. The van der Waals surface area contributed by atoms with E-state index in [1.54, 1.807) is 0 Å². The summed E-state index contributed by atoms with van der Waals surface area (Å²) < 4.78 is 94.0. The van der Waals surface area contributed by atoms with E-state index in [-0.39, 0.29) is 0 Å². The van der Waals surface area contributed by atoms with Crippen molar-refractivity contribution < 1.29 is 39.9 Å². The second-order valence-electron chi connectivity index (χ2n) is 1.84. The van der Waals surface area contributed by atoms with E-state index in [4.69, 9.17) is 0 Å². The third kappa shape index (κ3) is 2.20. The summed E-state index contributed by atoms with van der Waals surface area (Å²) in [6.07, 6.45) is -12.7. The van der Waals surface area contributed by atoms with Crippen molar-refractivity contribution in [3.8, 4) is 0 Å². The molecular weight excluding hydrogens is 216 g/mol. The van der Waals surface area contributed by atoms with Crippen LogP contribution < -0.4 is 0 Å². The van der Waals surface area contributed by atoms with Crippen LogP contribution in [-0.2, 0) is 4.74 Å². The summed E-state index contributed by atoms with van der Waals surface area (Å²) in [5.41, 5.74) is 0. The topological polar surface area (TPSA) is 9.23 Å². The Balaban J connectivity index is 4.96. The Morgan fingerprint density at radius 1 is 0.769 bits per heavy atom. The zero-order valence-electron chi connectivity index (χ0n) is 5.64. The van der Waals surface area contributed by atoms with Crippen LogP contribution in [0.2, 0.25) is 0 Å². The Hall–Kier alpha value is -0.600. The number of alkyl halides is 8. The van der Waals surface area contributed by atoms with Gasteiger partial charge in [0.15, 0.2) is 6.86 Å². The van der Waals surface area contributed by atoms with E-state index in [2.05, 4.69) is 4.74 Å². The number of halogens is 8. The molecule has 0 radical (unpaired) electrons. The fourth-order valence-corrected chi connectivity index (χ4v) is 0.400. The van der Waals surface area contributed by atoms with Gasteiger partial charge in [-0.2, -0.15) is 30.7 Å². The molecule has 0 aromatic rings. The van der Waals surface area contributed by atoms with Crippen molar-refractivity contribution in [1.82, 2.24) is 0 Å². The maximum atomic E-state index is 12.1. The highest BCUT2D eigenvalue weighted by Gasteiger charge is 2.74. The average Bonchev–Trinajstić information content (AvgIpc) is 1.82. The summed E-state index contributed by atoms with van der Waals surface area (Å²) in [5.74, 6) is -5.95. The van der Waals surface area contributed by atoms with Crippen molar-refractivity contribution in [3.05, 3.63) is 0 Å². The molecule has 0 rings (SSSR count). The molecule has 0 heterocycles. The van der Waals surface area contributed by atoms with Crippen LogP contribution >= 0.6 is 0 Å². The Morgan fingerprint density at radius 3 is 1.15 bits per heavy atom. The van der Waals surface area contributed by atoms with Crippen molar-refractivity contribution >= 4 is 0 Å². The Bertz CT molecular complexity index is 154. The Kier molecular flexibility index (Phi) is 3.12. The van der Waals surface area contributed by atoms with Crippen LogP contribution in [0, 0.1) is 0 Å². The van der Waals surface area contributed by atoms with Gasteiger partial charge in [-0.25, -0.2) is 4.39 Å². The molecule has 0 saturated heterocycles. The lowest BCUT2D eigenvalue weighted by molar-refractivity contribution is -0.435. The maximum Gasteiger partial charge on any atom is 0.458 e. The molecule has 0 fully saturated rings. The van der Waals surface area contributed by atoms with Crippen molar-refractivity contribution in [3.63, 3.8) is 0 Å². The molecule has 13 heavy (non-hydrogen) atoms. The zero-order chi connectivity index (χ0) is 10.9. The lowest BCUT2D eigenvalue weighted by Crippen LogP contribution is -2.55. The third-order valence-corrected chi connectivity index (χ3v) is 0.983. The number of rotatable bonds is 2. The summed E-state index contributed by atoms with van der Waals surface area (Å²) >= 11 is 0. The molecule has 0 amide bonds. The van der Waals surface area contributed by atoms with Crippen molar-refractivity contribution in [1.29, 1.82) is 0 Å². The summed E-state index contributed by atoms with van der Waals surface area (Å²) in [7, 11) is 0. The van der Waals surface area contributed by atoms with E-state index < -0.39 is 25.1 Å². The highest BCUT2D eigenvalue weighted by atomic mass is 19.4. The van der Waals surface area contributed by atoms with Gasteiger partial charge in [0.25, 0.3) is 0 Å². The van der Waals surface area contributed by atoms with E-state index in [1.807, 2.05) is 0 Å². The van der Waals surface area contributed by atoms with Gasteiger partial charge in [0, 0.05) is 0 Å². The molecule has 0 aromatic heterocycles. The lowest BCUT2D eigenvalue weighted by Gasteiger charge is -2.28. The van der Waals surface area contributed by atoms with Gasteiger partial charge in [0.05, 0.1) is 0 Å². The fourth-order valence-electron chi connectivity index (χ4n) is 0.400. The Labute approximate surface area is 66.3 Å². The first-order valence-corrected chi connectivity index (χ1v) is 2.58. The summed E-state index contributed by atoms with van der Waals surface area (Å²) in [5, 5.41) is 0. The van der Waals surface area contributed by atoms with Crippen LogP contribution in [0.25, 0.3) is 0 Å². The van der Waals surface area contributed by atoms with Gasteiger partial charge in [0.1, 0.15) is 0 Å². The average molecular weight is 218 g/mol. The molecule has 80 valence electrons. The monoisotopic (exact) mass is 218 g/mol. The molecule has 0 aliphatic heterocycles. The van der Waals surface area contributed by atoms with Crippen LogP contribution in [0.15, 0.2) is 0 Å². The predicted octanol–water partition coefficient (Wildman–Crippen LogP) is 2.72. The molecule has 0 aliphatic carbocycles. The number of ether oxygens (including phenoxy) is 1. The first-order valence-electron chi connectivity index (χ1n) is 2.58. The first kappa shape index (κ1) is 12.4. The predicted molar refractivity (Wildman–Crippen MR) is 23.0 cm³/mol. The van der Waals surface area contributed by atoms with E-state index in [1.165, 1.54) is 0 Å². The zero-order valence-corrected chi connectivity index (χ0v) is 5.64. The van der Waals surface area contributed by atoms with E-state index >= 15 is 0 Å². The molecule has 9 heteroatoms. The first-order chi connectivity index (χ1) is 5.56. The van der Waals surface area contributed by atoms with Gasteiger partial charge in [-0.05, 0) is 0 Å². The smallest absolute Gasteiger partial charge is 0.300 e. The molecule has 0 saturated carbocycles. The van der Waals surface area contributed by atoms with Gasteiger partial charge < -0.3 is 0 Å². The minimum atomic E-state index is -6.36. The summed E-state index contributed by atoms with van der Waals surface area (Å²) in [6.45, 7) is -2.53. The van der Waals surface area contributed by atoms with Crippen LogP contribution in [0.1, 0.15) is 0 Å². The minimum Gasteiger partial charge on any atom is -0.300 e. The minimum absolute atomic E-state index is 2.38. The molecule has 0 atom stereocenters. The Morgan fingerprint density at radius 2 is 1.08 bits per heavy atom. The van der Waals surface area contributed by atoms with Crippen LogP contribution in [0.3, 0.4) is 0 Å². The second kappa shape index (κ2) is 3.28. The summed E-state index contributed by atoms with van der Waals surface area (Å²) in [6, 6.07) is 0. The highest BCUT2D eigenvalue weighted by Crippen LogP contribution is 2.46. The van der Waals surface area contributed by atoms with Gasteiger partial charge in [-0.15, -0.1) is 0 Å². The quantitative estimate of drug-likeness (QED) is 0.647. The van der Waals surface area contributed by atoms with E-state index in [9.17, 15) is 35.1 Å². The molecule has 0 aliphatic rings. The van der Waals surface area contributed by atoms with E-state index in [0.29, 0.717) is 0 Å². The largest absolute Gasteiger partial charge is 0.458 e. The second-order valence-corrected chi connectivity index (χ2v) is 1.84. The fraction of sp³-hybridized carbons (Fsp3) is 1.00. The summed E-state index contributed by atoms with van der Waals surface area (Å²) in [4.78, 5) is 0. The highest BCUT2D eigenvalue weighted by molar-refractivity contribution is 4.85. The standard InChI is InChI=1S/C4H2F8O/c5-1-13-2(6,3(7,8)9)4(10,11)12/h1H2. The molecule has 0 aromatic carbocycles. The van der Waals surface area contributed by atoms with Crippen LogP contribution in [-0.4, -0.2) is 25.1 Å².